The van der Waals surface area contributed by atoms with Crippen LogP contribution >= 0.6 is 0 Å². The number of esters is 1. The molecular formula is C19H34O3. The third-order valence-corrected chi connectivity index (χ3v) is 3.66. The molecule has 0 aliphatic carbocycles. The normalized spacial score (nSPS) is 13.0. The Hall–Kier alpha value is -1.09. The van der Waals surface area contributed by atoms with Crippen molar-refractivity contribution < 1.29 is 14.6 Å². The second-order valence-electron chi connectivity index (χ2n) is 5.76. The Labute approximate surface area is 136 Å². The highest BCUT2D eigenvalue weighted by Crippen LogP contribution is 2.10. The first-order chi connectivity index (χ1) is 10.7. The lowest BCUT2D eigenvalue weighted by molar-refractivity contribution is -0.140. The Bertz CT molecular complexity index is 308. The van der Waals surface area contributed by atoms with E-state index in [1.807, 2.05) is 18.2 Å². The van der Waals surface area contributed by atoms with Gasteiger partial charge in [-0.15, -0.1) is 0 Å². The third kappa shape index (κ3) is 15.3. The summed E-state index contributed by atoms with van der Waals surface area (Å²) in [6.07, 6.45) is 19.2. The van der Waals surface area contributed by atoms with Gasteiger partial charge in [0.25, 0.3) is 0 Å². The predicted octanol–water partition coefficient (Wildman–Crippen LogP) is 4.94. The molecule has 0 fully saturated rings. The molecule has 22 heavy (non-hydrogen) atoms. The van der Waals surface area contributed by atoms with E-state index < -0.39 is 0 Å². The van der Waals surface area contributed by atoms with Gasteiger partial charge in [0.15, 0.2) is 0 Å². The van der Waals surface area contributed by atoms with Crippen LogP contribution < -0.4 is 0 Å². The van der Waals surface area contributed by atoms with Gasteiger partial charge in [0.1, 0.15) is 0 Å². The Balaban J connectivity index is 3.41. The van der Waals surface area contributed by atoms with Gasteiger partial charge in [-0.2, -0.15) is 0 Å². The van der Waals surface area contributed by atoms with E-state index in [0.717, 1.165) is 44.9 Å². The van der Waals surface area contributed by atoms with Crippen LogP contribution in [-0.4, -0.2) is 24.3 Å². The molecule has 0 saturated heterocycles. The maximum absolute atomic E-state index is 10.9. The number of unbranched alkanes of at least 4 members (excludes halogenated alkanes) is 7. The van der Waals surface area contributed by atoms with Crippen LogP contribution in [0.5, 0.6) is 0 Å². The lowest BCUT2D eigenvalue weighted by Crippen LogP contribution is -2.01. The van der Waals surface area contributed by atoms with Gasteiger partial charge < -0.3 is 9.84 Å². The minimum absolute atomic E-state index is 0.122. The minimum Gasteiger partial charge on any atom is -0.469 e. The van der Waals surface area contributed by atoms with Crippen LogP contribution in [0.3, 0.4) is 0 Å². The number of hydrogen-bond acceptors (Lipinski definition) is 3. The standard InChI is InChI=1S/C19H34O3/c1-3-4-5-6-7-9-12-15-18(20)16-13-10-8-11-14-17-19(21)22-2/h7,9,12,15,18,20H,3-6,8,10-11,13-14,16-17H2,1-2H3/b9-7+,15-12-. The topological polar surface area (TPSA) is 46.5 Å². The predicted molar refractivity (Wildman–Crippen MR) is 92.8 cm³/mol. The number of methoxy groups -OCH3 is 1. The molecule has 0 rings (SSSR count). The molecule has 1 unspecified atom stereocenters. The summed E-state index contributed by atoms with van der Waals surface area (Å²) >= 11 is 0. The Kier molecular flexibility index (Phi) is 15.5. The van der Waals surface area contributed by atoms with Crippen molar-refractivity contribution in [2.24, 2.45) is 0 Å². The summed E-state index contributed by atoms with van der Waals surface area (Å²) < 4.78 is 4.60. The molecule has 1 atom stereocenters. The lowest BCUT2D eigenvalue weighted by atomic mass is 10.1. The molecule has 0 bridgehead atoms. The zero-order valence-corrected chi connectivity index (χ0v) is 14.4. The molecule has 0 heterocycles. The number of allylic oxidation sites excluding steroid dienone is 3. The van der Waals surface area contributed by atoms with Gasteiger partial charge in [0.05, 0.1) is 13.2 Å². The van der Waals surface area contributed by atoms with Crippen LogP contribution in [0.25, 0.3) is 0 Å². The summed E-state index contributed by atoms with van der Waals surface area (Å²) in [6.45, 7) is 2.21. The summed E-state index contributed by atoms with van der Waals surface area (Å²) in [6, 6.07) is 0. The fraction of sp³-hybridized carbons (Fsp3) is 0.737. The Morgan fingerprint density at radius 3 is 2.50 bits per heavy atom. The smallest absolute Gasteiger partial charge is 0.305 e. The average Bonchev–Trinajstić information content (AvgIpc) is 2.52. The van der Waals surface area contributed by atoms with E-state index in [-0.39, 0.29) is 12.1 Å². The Morgan fingerprint density at radius 2 is 1.77 bits per heavy atom. The molecule has 1 N–H and O–H groups in total. The highest BCUT2D eigenvalue weighted by atomic mass is 16.5. The average molecular weight is 310 g/mol. The van der Waals surface area contributed by atoms with Crippen LogP contribution in [0, 0.1) is 0 Å². The molecule has 0 saturated carbocycles. The van der Waals surface area contributed by atoms with Crippen LogP contribution in [0.1, 0.15) is 77.6 Å². The SMILES string of the molecule is CCCCC/C=C/C=C\C(O)CCCCCCCC(=O)OC. The minimum atomic E-state index is -0.338. The molecular weight excluding hydrogens is 276 g/mol. The maximum atomic E-state index is 10.9. The lowest BCUT2D eigenvalue weighted by Gasteiger charge is -2.05. The first-order valence-electron chi connectivity index (χ1n) is 8.79. The number of hydrogen-bond donors (Lipinski definition) is 1. The summed E-state index contributed by atoms with van der Waals surface area (Å²) in [5.74, 6) is -0.122. The van der Waals surface area contributed by atoms with Crippen molar-refractivity contribution >= 4 is 5.97 Å². The van der Waals surface area contributed by atoms with Crippen molar-refractivity contribution in [1.82, 2.24) is 0 Å². The number of carbonyl (C=O) groups is 1. The summed E-state index contributed by atoms with van der Waals surface area (Å²) in [4.78, 5) is 10.9. The van der Waals surface area contributed by atoms with Gasteiger partial charge >= 0.3 is 5.97 Å². The van der Waals surface area contributed by atoms with Crippen molar-refractivity contribution in [3.8, 4) is 0 Å². The van der Waals surface area contributed by atoms with Crippen LogP contribution in [0.4, 0.5) is 0 Å². The van der Waals surface area contributed by atoms with Crippen molar-refractivity contribution in [2.45, 2.75) is 83.7 Å². The summed E-state index contributed by atoms with van der Waals surface area (Å²) in [7, 11) is 1.43. The van der Waals surface area contributed by atoms with Crippen LogP contribution in [0.2, 0.25) is 0 Å². The number of aliphatic hydroxyl groups is 1. The van der Waals surface area contributed by atoms with Gasteiger partial charge in [-0.25, -0.2) is 0 Å². The van der Waals surface area contributed by atoms with Gasteiger partial charge in [-0.3, -0.25) is 4.79 Å². The summed E-state index contributed by atoms with van der Waals surface area (Å²) in [5, 5.41) is 9.82. The van der Waals surface area contributed by atoms with E-state index in [1.165, 1.54) is 26.4 Å². The Morgan fingerprint density at radius 1 is 1.05 bits per heavy atom. The molecule has 0 spiro atoms. The van der Waals surface area contributed by atoms with Gasteiger partial charge in [0, 0.05) is 6.42 Å². The molecule has 0 aromatic carbocycles. The molecule has 0 aliphatic heterocycles. The molecule has 0 aromatic heterocycles. The van der Waals surface area contributed by atoms with Crippen molar-refractivity contribution in [1.29, 1.82) is 0 Å². The molecule has 0 aromatic rings. The number of aliphatic hydroxyl groups excluding tert-OH is 1. The van der Waals surface area contributed by atoms with E-state index in [4.69, 9.17) is 0 Å². The van der Waals surface area contributed by atoms with Crippen LogP contribution in [0.15, 0.2) is 24.3 Å². The highest BCUT2D eigenvalue weighted by Gasteiger charge is 2.00. The fourth-order valence-electron chi connectivity index (χ4n) is 2.23. The highest BCUT2D eigenvalue weighted by molar-refractivity contribution is 5.68. The van der Waals surface area contributed by atoms with E-state index in [2.05, 4.69) is 17.7 Å². The van der Waals surface area contributed by atoms with E-state index in [0.29, 0.717) is 6.42 Å². The number of ether oxygens (including phenoxy) is 1. The largest absolute Gasteiger partial charge is 0.469 e. The number of carbonyl (C=O) groups excluding carboxylic acids is 1. The van der Waals surface area contributed by atoms with Crippen LogP contribution in [-0.2, 0) is 9.53 Å². The zero-order valence-electron chi connectivity index (χ0n) is 14.4. The molecule has 128 valence electrons. The first kappa shape index (κ1) is 20.9. The first-order valence-corrected chi connectivity index (χ1v) is 8.79. The fourth-order valence-corrected chi connectivity index (χ4v) is 2.23. The van der Waals surface area contributed by atoms with Crippen molar-refractivity contribution in [3.63, 3.8) is 0 Å². The van der Waals surface area contributed by atoms with E-state index in [1.54, 1.807) is 0 Å². The van der Waals surface area contributed by atoms with E-state index >= 15 is 0 Å². The molecule has 0 amide bonds. The molecule has 3 heteroatoms. The van der Waals surface area contributed by atoms with Crippen molar-refractivity contribution in [3.05, 3.63) is 24.3 Å². The number of rotatable bonds is 14. The monoisotopic (exact) mass is 310 g/mol. The molecule has 0 aliphatic rings. The zero-order chi connectivity index (χ0) is 16.5. The van der Waals surface area contributed by atoms with Gasteiger partial charge in [-0.05, 0) is 25.7 Å². The van der Waals surface area contributed by atoms with Gasteiger partial charge in [0.2, 0.25) is 0 Å². The van der Waals surface area contributed by atoms with Crippen molar-refractivity contribution in [2.75, 3.05) is 7.11 Å². The molecule has 3 nitrogen and oxygen atoms in total. The maximum Gasteiger partial charge on any atom is 0.305 e. The molecule has 0 radical (unpaired) electrons. The quantitative estimate of drug-likeness (QED) is 0.281. The van der Waals surface area contributed by atoms with Gasteiger partial charge in [-0.1, -0.05) is 69.8 Å². The third-order valence-electron chi connectivity index (χ3n) is 3.66. The second kappa shape index (κ2) is 16.3. The second-order valence-corrected chi connectivity index (χ2v) is 5.76. The van der Waals surface area contributed by atoms with E-state index in [9.17, 15) is 9.90 Å². The summed E-state index contributed by atoms with van der Waals surface area (Å²) in [5.41, 5.74) is 0.